The highest BCUT2D eigenvalue weighted by Crippen LogP contribution is 2.40. The number of fused-ring (bicyclic) bond motifs is 4. The van der Waals surface area contributed by atoms with Gasteiger partial charge in [0.1, 0.15) is 5.82 Å². The second-order valence-electron chi connectivity index (χ2n) is 14.9. The summed E-state index contributed by atoms with van der Waals surface area (Å²) in [5, 5.41) is 10.7. The number of hydrogen-bond donors (Lipinski definition) is 0. The van der Waals surface area contributed by atoms with Crippen LogP contribution < -0.4 is 51.3 Å². The van der Waals surface area contributed by atoms with Gasteiger partial charge in [0, 0.05) is 28.9 Å². The minimum Gasteiger partial charge on any atom is -0.295 e. The minimum absolute atomic E-state index is 0.635. The van der Waals surface area contributed by atoms with E-state index in [4.69, 9.17) is 9.97 Å². The Labute approximate surface area is 341 Å². The monoisotopic (exact) mass is 774 g/mol. The molecule has 0 aliphatic carbocycles. The molecule has 1 aromatic heterocycles. The van der Waals surface area contributed by atoms with Gasteiger partial charge in [-0.3, -0.25) is 9.80 Å². The molecular formula is C52H38N4Si2. The summed E-state index contributed by atoms with van der Waals surface area (Å²) in [6.45, 7) is 0. The maximum atomic E-state index is 5.57. The Morgan fingerprint density at radius 2 is 0.586 bits per heavy atom. The van der Waals surface area contributed by atoms with Gasteiger partial charge in [0.15, 0.2) is 16.1 Å². The highest BCUT2D eigenvalue weighted by molar-refractivity contribution is 7.22. The van der Waals surface area contributed by atoms with Crippen LogP contribution in [0.1, 0.15) is 0 Å². The normalized spacial score (nSPS) is 14.4. The molecule has 0 radical (unpaired) electrons. The van der Waals surface area contributed by atoms with E-state index >= 15 is 0 Å². The molecule has 0 bridgehead atoms. The summed E-state index contributed by atoms with van der Waals surface area (Å²) >= 11 is 0. The molecule has 274 valence electrons. The standard InChI is InChI=1S/C52H38N4Si2/c1-5-21-39(22-6-1)57(40-23-7-2-8-24-40)47-33-17-13-29-43(47)55(44-30-14-18-34-48(44)57)51-37-38-53-52(54-51)56-45-31-15-19-35-49(45)58(41-25-9-3-10-26-41,42-27-11-4-12-28-42)50-36-20-16-32-46(50)56/h1-38H. The van der Waals surface area contributed by atoms with Gasteiger partial charge in [0.05, 0.1) is 0 Å². The van der Waals surface area contributed by atoms with Crippen LogP contribution in [0.2, 0.25) is 0 Å². The predicted molar refractivity (Wildman–Crippen MR) is 246 cm³/mol. The SMILES string of the molecule is c1ccc([Si]2(c3ccccc3)c3ccccc3N(c3ccnc(N4c5ccccc5[Si](c5ccccc5)(c5ccccc5)c5ccccc54)n3)c3ccccc32)cc1. The van der Waals surface area contributed by atoms with Crippen LogP contribution in [-0.2, 0) is 0 Å². The molecule has 0 saturated heterocycles. The molecule has 2 aliphatic rings. The predicted octanol–water partition coefficient (Wildman–Crippen LogP) is 6.80. The van der Waals surface area contributed by atoms with Crippen LogP contribution in [0, 0.1) is 0 Å². The zero-order valence-corrected chi connectivity index (χ0v) is 33.7. The zero-order chi connectivity index (χ0) is 38.5. The fourth-order valence-corrected chi connectivity index (χ4v) is 20.1. The average molecular weight is 775 g/mol. The first-order valence-corrected chi connectivity index (χ1v) is 23.8. The Morgan fingerprint density at radius 1 is 0.293 bits per heavy atom. The van der Waals surface area contributed by atoms with E-state index in [9.17, 15) is 0 Å². The maximum Gasteiger partial charge on any atom is 0.236 e. The number of aromatic nitrogens is 2. The van der Waals surface area contributed by atoms with Crippen molar-refractivity contribution in [1.82, 2.24) is 9.97 Å². The van der Waals surface area contributed by atoms with Gasteiger partial charge in [-0.2, -0.15) is 4.98 Å². The quantitative estimate of drug-likeness (QED) is 0.174. The van der Waals surface area contributed by atoms with E-state index in [1.54, 1.807) is 0 Å². The maximum absolute atomic E-state index is 5.57. The van der Waals surface area contributed by atoms with E-state index in [1.807, 2.05) is 6.20 Å². The summed E-state index contributed by atoms with van der Waals surface area (Å²) in [6, 6.07) is 82.3. The third-order valence-corrected chi connectivity index (χ3v) is 21.8. The molecule has 58 heavy (non-hydrogen) atoms. The second kappa shape index (κ2) is 13.8. The average Bonchev–Trinajstić information content (AvgIpc) is 3.31. The molecule has 3 heterocycles. The van der Waals surface area contributed by atoms with Gasteiger partial charge in [-0.15, -0.1) is 0 Å². The van der Waals surface area contributed by atoms with Gasteiger partial charge >= 0.3 is 0 Å². The Kier molecular flexibility index (Phi) is 8.13. The Bertz CT molecular complexity index is 2550. The van der Waals surface area contributed by atoms with Gasteiger partial charge < -0.3 is 0 Å². The molecule has 6 heteroatoms. The Balaban J connectivity index is 1.14. The van der Waals surface area contributed by atoms with Gasteiger partial charge in [-0.05, 0) is 71.8 Å². The summed E-state index contributed by atoms with van der Waals surface area (Å²) < 4.78 is 0. The fourth-order valence-electron chi connectivity index (χ4n) is 9.86. The molecule has 0 spiro atoms. The van der Waals surface area contributed by atoms with Crippen molar-refractivity contribution < 1.29 is 0 Å². The molecule has 0 amide bonds. The molecule has 2 aliphatic heterocycles. The molecule has 0 saturated carbocycles. The Hall–Kier alpha value is -7.13. The molecule has 0 N–H and O–H groups in total. The first kappa shape index (κ1) is 34.1. The van der Waals surface area contributed by atoms with Crippen LogP contribution in [0.3, 0.4) is 0 Å². The lowest BCUT2D eigenvalue weighted by atomic mass is 10.2. The van der Waals surface area contributed by atoms with Crippen molar-refractivity contribution in [2.45, 2.75) is 0 Å². The number of anilines is 6. The van der Waals surface area contributed by atoms with Gasteiger partial charge in [0.2, 0.25) is 5.95 Å². The highest BCUT2D eigenvalue weighted by Gasteiger charge is 2.50. The number of rotatable bonds is 6. The van der Waals surface area contributed by atoms with Crippen molar-refractivity contribution in [2.24, 2.45) is 0 Å². The molecule has 11 rings (SSSR count). The van der Waals surface area contributed by atoms with Crippen molar-refractivity contribution in [3.8, 4) is 0 Å². The summed E-state index contributed by atoms with van der Waals surface area (Å²) in [5.74, 6) is 1.46. The minimum atomic E-state index is -2.78. The lowest BCUT2D eigenvalue weighted by molar-refractivity contribution is 1.06. The van der Waals surface area contributed by atoms with Crippen LogP contribution in [0.5, 0.6) is 0 Å². The highest BCUT2D eigenvalue weighted by atomic mass is 28.3. The topological polar surface area (TPSA) is 32.3 Å². The van der Waals surface area contributed by atoms with Crippen molar-refractivity contribution in [1.29, 1.82) is 0 Å². The third-order valence-electron chi connectivity index (χ3n) is 12.1. The molecule has 4 nitrogen and oxygen atoms in total. The second-order valence-corrected chi connectivity index (χ2v) is 22.4. The molecular weight excluding hydrogens is 737 g/mol. The van der Waals surface area contributed by atoms with Crippen LogP contribution in [-0.4, -0.2) is 26.1 Å². The summed E-state index contributed by atoms with van der Waals surface area (Å²) in [4.78, 5) is 15.3. The summed E-state index contributed by atoms with van der Waals surface area (Å²) in [5.41, 5.74) is 4.50. The van der Waals surface area contributed by atoms with Crippen LogP contribution >= 0.6 is 0 Å². The largest absolute Gasteiger partial charge is 0.295 e. The summed E-state index contributed by atoms with van der Waals surface area (Å²) in [6.07, 6.45) is 1.93. The number of hydrogen-bond acceptors (Lipinski definition) is 4. The van der Waals surface area contributed by atoms with Crippen LogP contribution in [0.25, 0.3) is 0 Å². The van der Waals surface area contributed by atoms with E-state index in [-0.39, 0.29) is 0 Å². The van der Waals surface area contributed by atoms with Crippen molar-refractivity contribution in [3.63, 3.8) is 0 Å². The molecule has 0 fully saturated rings. The fraction of sp³-hybridized carbons (Fsp3) is 0. The molecule has 8 aromatic carbocycles. The van der Waals surface area contributed by atoms with E-state index in [0.29, 0.717) is 5.95 Å². The van der Waals surface area contributed by atoms with Crippen LogP contribution in [0.4, 0.5) is 34.5 Å². The van der Waals surface area contributed by atoms with E-state index in [0.717, 1.165) is 28.6 Å². The molecule has 0 atom stereocenters. The smallest absolute Gasteiger partial charge is 0.236 e. The molecule has 9 aromatic rings. The zero-order valence-electron chi connectivity index (χ0n) is 31.7. The third kappa shape index (κ3) is 4.92. The van der Waals surface area contributed by atoms with Crippen molar-refractivity contribution >= 4 is 92.2 Å². The Morgan fingerprint density at radius 3 is 0.931 bits per heavy atom. The van der Waals surface area contributed by atoms with Crippen molar-refractivity contribution in [3.05, 3.63) is 231 Å². The molecule has 0 unspecified atom stereocenters. The van der Waals surface area contributed by atoms with E-state index in [1.165, 1.54) is 41.5 Å². The number of nitrogens with zero attached hydrogens (tertiary/aromatic N) is 4. The van der Waals surface area contributed by atoms with Gasteiger partial charge in [0.25, 0.3) is 0 Å². The van der Waals surface area contributed by atoms with Gasteiger partial charge in [-0.1, -0.05) is 194 Å². The van der Waals surface area contributed by atoms with E-state index < -0.39 is 16.1 Å². The summed E-state index contributed by atoms with van der Waals surface area (Å²) in [7, 11) is -5.54. The van der Waals surface area contributed by atoms with E-state index in [2.05, 4.69) is 234 Å². The lowest BCUT2D eigenvalue weighted by Crippen LogP contribution is -2.77. The van der Waals surface area contributed by atoms with Gasteiger partial charge in [-0.25, -0.2) is 4.98 Å². The number of para-hydroxylation sites is 4. The first-order valence-electron chi connectivity index (χ1n) is 19.8. The van der Waals surface area contributed by atoms with Crippen molar-refractivity contribution in [2.75, 3.05) is 9.80 Å². The lowest BCUT2D eigenvalue weighted by Gasteiger charge is -2.45. The first-order chi connectivity index (χ1) is 28.8. The van der Waals surface area contributed by atoms with Crippen LogP contribution in [0.15, 0.2) is 231 Å². The number of benzene rings is 8.